The van der Waals surface area contributed by atoms with Crippen molar-refractivity contribution in [2.45, 2.75) is 46.0 Å². The molecule has 6 nitrogen and oxygen atoms in total. The van der Waals surface area contributed by atoms with Gasteiger partial charge < -0.3 is 9.32 Å². The van der Waals surface area contributed by atoms with Crippen molar-refractivity contribution in [1.82, 2.24) is 19.7 Å². The van der Waals surface area contributed by atoms with Gasteiger partial charge in [0, 0.05) is 35.3 Å². The fraction of sp³-hybridized carbons (Fsp3) is 0.346. The van der Waals surface area contributed by atoms with E-state index in [1.54, 1.807) is 0 Å². The largest absolute Gasteiger partial charge is 0.440 e. The maximum absolute atomic E-state index is 13.1. The van der Waals surface area contributed by atoms with Gasteiger partial charge in [-0.3, -0.25) is 4.79 Å². The molecular formula is C26H27ClN4O2. The molecule has 7 heteroatoms. The lowest BCUT2D eigenvalue weighted by molar-refractivity contribution is -0.131. The summed E-state index contributed by atoms with van der Waals surface area (Å²) >= 11 is 6.31. The Bertz CT molecular complexity index is 1300. The van der Waals surface area contributed by atoms with Gasteiger partial charge in [0.2, 0.25) is 5.91 Å². The lowest BCUT2D eigenvalue weighted by Crippen LogP contribution is -2.39. The number of para-hydroxylation sites is 2. The minimum absolute atomic E-state index is 0.138. The van der Waals surface area contributed by atoms with E-state index in [1.165, 1.54) is 0 Å². The average molecular weight is 463 g/mol. The Morgan fingerprint density at radius 1 is 1.12 bits per heavy atom. The summed E-state index contributed by atoms with van der Waals surface area (Å²) in [5, 5.41) is 5.40. The van der Waals surface area contributed by atoms with Crippen molar-refractivity contribution in [1.29, 1.82) is 0 Å². The number of hydrogen-bond acceptors (Lipinski definition) is 4. The molecule has 1 fully saturated rings. The SMILES string of the molecule is Cc1ccc(-n2nc(C)c(CC(=O)N3CCC(c4nc5ccccc5o4)CC3)c2C)cc1Cl. The number of carbonyl (C=O) groups excluding carboxylic acids is 1. The molecular weight excluding hydrogens is 436 g/mol. The highest BCUT2D eigenvalue weighted by molar-refractivity contribution is 6.31. The summed E-state index contributed by atoms with van der Waals surface area (Å²) < 4.78 is 7.83. The third kappa shape index (κ3) is 4.15. The van der Waals surface area contributed by atoms with Gasteiger partial charge in [-0.1, -0.05) is 29.8 Å². The summed E-state index contributed by atoms with van der Waals surface area (Å²) in [6.45, 7) is 7.37. The molecule has 170 valence electrons. The monoisotopic (exact) mass is 462 g/mol. The number of aromatic nitrogens is 3. The molecule has 5 rings (SSSR count). The lowest BCUT2D eigenvalue weighted by Gasteiger charge is -2.30. The number of carbonyl (C=O) groups is 1. The molecule has 0 radical (unpaired) electrons. The molecule has 4 aromatic rings. The first-order chi connectivity index (χ1) is 15.9. The second-order valence-electron chi connectivity index (χ2n) is 8.85. The molecule has 1 aliphatic rings. The number of benzene rings is 2. The number of oxazole rings is 1. The van der Waals surface area contributed by atoms with Crippen molar-refractivity contribution in [3.63, 3.8) is 0 Å². The van der Waals surface area contributed by atoms with Crippen LogP contribution in [0.1, 0.15) is 47.2 Å². The van der Waals surface area contributed by atoms with Gasteiger partial charge in [0.15, 0.2) is 11.5 Å². The summed E-state index contributed by atoms with van der Waals surface area (Å²) in [6, 6.07) is 13.7. The first-order valence-corrected chi connectivity index (χ1v) is 11.7. The molecule has 33 heavy (non-hydrogen) atoms. The van der Waals surface area contributed by atoms with Crippen molar-refractivity contribution >= 4 is 28.6 Å². The van der Waals surface area contributed by atoms with Crippen LogP contribution in [0.5, 0.6) is 0 Å². The van der Waals surface area contributed by atoms with E-state index in [-0.39, 0.29) is 11.8 Å². The van der Waals surface area contributed by atoms with Crippen LogP contribution in [-0.2, 0) is 11.2 Å². The zero-order chi connectivity index (χ0) is 23.1. The number of aryl methyl sites for hydroxylation is 2. The summed E-state index contributed by atoms with van der Waals surface area (Å²) in [7, 11) is 0. The maximum atomic E-state index is 13.1. The van der Waals surface area contributed by atoms with E-state index in [0.29, 0.717) is 24.5 Å². The van der Waals surface area contributed by atoms with Gasteiger partial charge in [-0.25, -0.2) is 9.67 Å². The Morgan fingerprint density at radius 2 is 1.88 bits per heavy atom. The van der Waals surface area contributed by atoms with Crippen LogP contribution in [-0.4, -0.2) is 38.7 Å². The van der Waals surface area contributed by atoms with E-state index < -0.39 is 0 Å². The van der Waals surface area contributed by atoms with Crippen LogP contribution < -0.4 is 0 Å². The van der Waals surface area contributed by atoms with Gasteiger partial charge >= 0.3 is 0 Å². The van der Waals surface area contributed by atoms with Gasteiger partial charge in [0.05, 0.1) is 17.8 Å². The highest BCUT2D eigenvalue weighted by Crippen LogP contribution is 2.30. The van der Waals surface area contributed by atoms with Crippen LogP contribution in [0.15, 0.2) is 46.9 Å². The van der Waals surface area contributed by atoms with Crippen molar-refractivity contribution in [3.8, 4) is 5.69 Å². The average Bonchev–Trinajstić information content (AvgIpc) is 3.37. The third-order valence-electron chi connectivity index (χ3n) is 6.68. The molecule has 0 N–H and O–H groups in total. The third-order valence-corrected chi connectivity index (χ3v) is 7.08. The van der Waals surface area contributed by atoms with Crippen LogP contribution in [0.25, 0.3) is 16.8 Å². The van der Waals surface area contributed by atoms with Crippen LogP contribution in [0, 0.1) is 20.8 Å². The van der Waals surface area contributed by atoms with Crippen LogP contribution in [0.3, 0.4) is 0 Å². The van der Waals surface area contributed by atoms with E-state index in [4.69, 9.17) is 16.0 Å². The number of halogens is 1. The minimum Gasteiger partial charge on any atom is -0.440 e. The standard InChI is InChI=1S/C26H27ClN4O2/c1-16-8-9-20(14-22(16)27)31-18(3)21(17(2)29-31)15-25(32)30-12-10-19(11-13-30)26-28-23-6-4-5-7-24(23)33-26/h4-9,14,19H,10-13,15H2,1-3H3. The maximum Gasteiger partial charge on any atom is 0.227 e. The summed E-state index contributed by atoms with van der Waals surface area (Å²) in [4.78, 5) is 19.7. The molecule has 1 aliphatic heterocycles. The molecule has 2 aromatic carbocycles. The molecule has 0 unspecified atom stereocenters. The zero-order valence-electron chi connectivity index (χ0n) is 19.1. The predicted octanol–water partition coefficient (Wildman–Crippen LogP) is 5.54. The van der Waals surface area contributed by atoms with E-state index in [2.05, 4.69) is 10.1 Å². The quantitative estimate of drug-likeness (QED) is 0.399. The minimum atomic E-state index is 0.138. The Labute approximate surface area is 198 Å². The highest BCUT2D eigenvalue weighted by atomic mass is 35.5. The van der Waals surface area contributed by atoms with E-state index in [9.17, 15) is 4.79 Å². The van der Waals surface area contributed by atoms with Crippen molar-refractivity contribution in [2.24, 2.45) is 0 Å². The molecule has 0 spiro atoms. The van der Waals surface area contributed by atoms with E-state index in [1.807, 2.05) is 72.8 Å². The zero-order valence-corrected chi connectivity index (χ0v) is 19.9. The number of piperidine rings is 1. The van der Waals surface area contributed by atoms with Crippen molar-refractivity contribution < 1.29 is 9.21 Å². The molecule has 2 aromatic heterocycles. The Hall–Kier alpha value is -3.12. The summed E-state index contributed by atoms with van der Waals surface area (Å²) in [5.74, 6) is 1.17. The van der Waals surface area contributed by atoms with Crippen LogP contribution in [0.2, 0.25) is 5.02 Å². The van der Waals surface area contributed by atoms with E-state index in [0.717, 1.165) is 58.0 Å². The molecule has 0 saturated carbocycles. The number of hydrogen-bond donors (Lipinski definition) is 0. The molecule has 0 atom stereocenters. The normalized spacial score (nSPS) is 14.8. The Balaban J connectivity index is 1.26. The summed E-state index contributed by atoms with van der Waals surface area (Å²) in [5.41, 5.74) is 6.48. The lowest BCUT2D eigenvalue weighted by atomic mass is 9.96. The van der Waals surface area contributed by atoms with Gasteiger partial charge in [-0.2, -0.15) is 5.10 Å². The molecule has 1 saturated heterocycles. The van der Waals surface area contributed by atoms with Gasteiger partial charge in [-0.05, 0) is 63.4 Å². The van der Waals surface area contributed by atoms with Gasteiger partial charge in [0.25, 0.3) is 0 Å². The fourth-order valence-corrected chi connectivity index (χ4v) is 4.77. The van der Waals surface area contributed by atoms with Gasteiger partial charge in [-0.15, -0.1) is 0 Å². The molecule has 0 aliphatic carbocycles. The second-order valence-corrected chi connectivity index (χ2v) is 9.25. The van der Waals surface area contributed by atoms with E-state index >= 15 is 0 Å². The van der Waals surface area contributed by atoms with Crippen LogP contribution in [0.4, 0.5) is 0 Å². The highest BCUT2D eigenvalue weighted by Gasteiger charge is 2.28. The number of rotatable bonds is 4. The number of amides is 1. The Kier molecular flexibility index (Phi) is 5.71. The molecule has 3 heterocycles. The molecule has 0 bridgehead atoms. The Morgan fingerprint density at radius 3 is 2.61 bits per heavy atom. The van der Waals surface area contributed by atoms with Gasteiger partial charge in [0.1, 0.15) is 5.52 Å². The predicted molar refractivity (Wildman–Crippen MR) is 129 cm³/mol. The number of nitrogens with zero attached hydrogens (tertiary/aromatic N) is 4. The second kappa shape index (κ2) is 8.67. The van der Waals surface area contributed by atoms with Crippen molar-refractivity contribution in [2.75, 3.05) is 13.1 Å². The molecule has 1 amide bonds. The first kappa shape index (κ1) is 21.7. The summed E-state index contributed by atoms with van der Waals surface area (Å²) in [6.07, 6.45) is 2.07. The van der Waals surface area contributed by atoms with Crippen molar-refractivity contribution in [3.05, 3.63) is 75.9 Å². The number of fused-ring (bicyclic) bond motifs is 1. The fourth-order valence-electron chi connectivity index (χ4n) is 4.60. The van der Waals surface area contributed by atoms with Crippen LogP contribution >= 0.6 is 11.6 Å². The smallest absolute Gasteiger partial charge is 0.227 e. The topological polar surface area (TPSA) is 64.2 Å². The first-order valence-electron chi connectivity index (χ1n) is 11.4. The number of likely N-dealkylation sites (tertiary alicyclic amines) is 1.